The molecule has 1 atom stereocenters. The molecule has 0 aromatic heterocycles. The fourth-order valence-electron chi connectivity index (χ4n) is 0.453. The van der Waals surface area contributed by atoms with Crippen molar-refractivity contribution in [3.63, 3.8) is 0 Å². The van der Waals surface area contributed by atoms with Gasteiger partial charge in [-0.05, 0) is 27.7 Å². The Balaban J connectivity index is 4.23. The van der Waals surface area contributed by atoms with Gasteiger partial charge in [0.15, 0.2) is 5.60 Å². The topological polar surface area (TPSA) is 66.8 Å². The molecule has 0 heterocycles. The minimum absolute atomic E-state index is 0.637. The van der Waals surface area contributed by atoms with Gasteiger partial charge < -0.3 is 14.9 Å². The highest BCUT2D eigenvalue weighted by Gasteiger charge is 2.33. The molecule has 72 valence electrons. The molecule has 2 N–H and O–H groups in total. The lowest BCUT2D eigenvalue weighted by molar-refractivity contribution is -0.178. The van der Waals surface area contributed by atoms with Crippen molar-refractivity contribution < 1.29 is 19.7 Å². The standard InChI is InChI=1S/C8H16O4/c1-7(2,3)12-6(10)8(4,11)5-9/h9,11H,5H2,1-4H3. The fraction of sp³-hybridized carbons (Fsp3) is 0.875. The van der Waals surface area contributed by atoms with Crippen LogP contribution in [0.25, 0.3) is 0 Å². The van der Waals surface area contributed by atoms with Gasteiger partial charge in [0.2, 0.25) is 0 Å². The Kier molecular flexibility index (Phi) is 3.24. The molecule has 0 aromatic rings. The predicted molar refractivity (Wildman–Crippen MR) is 43.6 cm³/mol. The summed E-state index contributed by atoms with van der Waals surface area (Å²) in [4.78, 5) is 11.1. The first-order valence-electron chi connectivity index (χ1n) is 3.76. The van der Waals surface area contributed by atoms with E-state index in [4.69, 9.17) is 9.84 Å². The second-order valence-corrected chi connectivity index (χ2v) is 3.93. The van der Waals surface area contributed by atoms with E-state index in [1.165, 1.54) is 6.92 Å². The van der Waals surface area contributed by atoms with E-state index in [-0.39, 0.29) is 0 Å². The Bertz CT molecular complexity index is 166. The number of carbonyl (C=O) groups is 1. The number of rotatable bonds is 2. The molecule has 0 aliphatic heterocycles. The average Bonchev–Trinajstić information content (AvgIpc) is 1.84. The zero-order valence-electron chi connectivity index (χ0n) is 7.92. The summed E-state index contributed by atoms with van der Waals surface area (Å²) in [6.45, 7) is 5.65. The van der Waals surface area contributed by atoms with Gasteiger partial charge >= 0.3 is 5.97 Å². The van der Waals surface area contributed by atoms with Crippen LogP contribution in [0.3, 0.4) is 0 Å². The van der Waals surface area contributed by atoms with E-state index in [0.29, 0.717) is 0 Å². The van der Waals surface area contributed by atoms with Crippen molar-refractivity contribution in [3.05, 3.63) is 0 Å². The molecule has 12 heavy (non-hydrogen) atoms. The Morgan fingerprint density at radius 2 is 1.75 bits per heavy atom. The minimum atomic E-state index is -1.80. The lowest BCUT2D eigenvalue weighted by Gasteiger charge is -2.25. The normalized spacial score (nSPS) is 16.8. The van der Waals surface area contributed by atoms with Gasteiger partial charge in [-0.2, -0.15) is 0 Å². The van der Waals surface area contributed by atoms with Crippen molar-refractivity contribution in [2.24, 2.45) is 0 Å². The van der Waals surface area contributed by atoms with Gasteiger partial charge in [0.1, 0.15) is 5.60 Å². The van der Waals surface area contributed by atoms with Crippen molar-refractivity contribution in [2.45, 2.75) is 38.9 Å². The van der Waals surface area contributed by atoms with Crippen LogP contribution in [0.4, 0.5) is 0 Å². The largest absolute Gasteiger partial charge is 0.458 e. The monoisotopic (exact) mass is 176 g/mol. The predicted octanol–water partition coefficient (Wildman–Crippen LogP) is 0.0714. The Morgan fingerprint density at radius 1 is 1.33 bits per heavy atom. The number of ether oxygens (including phenoxy) is 1. The molecule has 0 aromatic carbocycles. The first kappa shape index (κ1) is 11.4. The summed E-state index contributed by atoms with van der Waals surface area (Å²) in [5, 5.41) is 17.8. The van der Waals surface area contributed by atoms with Crippen LogP contribution < -0.4 is 0 Å². The summed E-state index contributed by atoms with van der Waals surface area (Å²) in [7, 11) is 0. The molecule has 4 nitrogen and oxygen atoms in total. The van der Waals surface area contributed by atoms with E-state index in [1.807, 2.05) is 0 Å². The van der Waals surface area contributed by atoms with Gasteiger partial charge in [-0.15, -0.1) is 0 Å². The first-order chi connectivity index (χ1) is 5.19. The third-order valence-electron chi connectivity index (χ3n) is 1.15. The number of aliphatic hydroxyl groups is 2. The van der Waals surface area contributed by atoms with Crippen LogP contribution in [0.1, 0.15) is 27.7 Å². The van der Waals surface area contributed by atoms with Crippen molar-refractivity contribution >= 4 is 5.97 Å². The number of carbonyl (C=O) groups excluding carboxylic acids is 1. The van der Waals surface area contributed by atoms with E-state index in [0.717, 1.165) is 0 Å². The molecule has 4 heteroatoms. The average molecular weight is 176 g/mol. The van der Waals surface area contributed by atoms with Gasteiger partial charge in [0, 0.05) is 0 Å². The highest BCUT2D eigenvalue weighted by Crippen LogP contribution is 2.13. The highest BCUT2D eigenvalue weighted by atomic mass is 16.6. The molecule has 1 unspecified atom stereocenters. The molecule has 0 bridgehead atoms. The SMILES string of the molecule is CC(C)(C)OC(=O)C(C)(O)CO. The molecule has 0 saturated heterocycles. The van der Waals surface area contributed by atoms with E-state index >= 15 is 0 Å². The van der Waals surface area contributed by atoms with E-state index in [1.54, 1.807) is 20.8 Å². The molecule has 0 rings (SSSR count). The number of esters is 1. The third-order valence-corrected chi connectivity index (χ3v) is 1.15. The highest BCUT2D eigenvalue weighted by molar-refractivity contribution is 5.79. The zero-order chi connectivity index (χ0) is 9.99. The Hall–Kier alpha value is -0.610. The maximum absolute atomic E-state index is 11.1. The molecule has 0 amide bonds. The van der Waals surface area contributed by atoms with Crippen molar-refractivity contribution in [2.75, 3.05) is 6.61 Å². The Labute approximate surface area is 72.2 Å². The summed E-state index contributed by atoms with van der Waals surface area (Å²) in [5.74, 6) is -0.808. The van der Waals surface area contributed by atoms with Gasteiger partial charge in [-0.25, -0.2) is 4.79 Å². The van der Waals surface area contributed by atoms with Crippen LogP contribution in [-0.4, -0.2) is 34.0 Å². The lowest BCUT2D eigenvalue weighted by atomic mass is 10.1. The van der Waals surface area contributed by atoms with Gasteiger partial charge in [0.05, 0.1) is 6.61 Å². The van der Waals surface area contributed by atoms with Gasteiger partial charge in [0.25, 0.3) is 0 Å². The third kappa shape index (κ3) is 3.69. The fourth-order valence-corrected chi connectivity index (χ4v) is 0.453. The summed E-state index contributed by atoms with van der Waals surface area (Å²) < 4.78 is 4.84. The van der Waals surface area contributed by atoms with Crippen LogP contribution in [0.15, 0.2) is 0 Å². The second kappa shape index (κ2) is 3.41. The smallest absolute Gasteiger partial charge is 0.340 e. The van der Waals surface area contributed by atoms with Gasteiger partial charge in [-0.1, -0.05) is 0 Å². The molecule has 0 fully saturated rings. The van der Waals surface area contributed by atoms with E-state index < -0.39 is 23.8 Å². The molecule has 0 aliphatic carbocycles. The minimum Gasteiger partial charge on any atom is -0.458 e. The van der Waals surface area contributed by atoms with Gasteiger partial charge in [-0.3, -0.25) is 0 Å². The summed E-state index contributed by atoms with van der Waals surface area (Å²) in [5.41, 5.74) is -2.44. The Morgan fingerprint density at radius 3 is 2.00 bits per heavy atom. The maximum Gasteiger partial charge on any atom is 0.340 e. The first-order valence-corrected chi connectivity index (χ1v) is 3.76. The quantitative estimate of drug-likeness (QED) is 0.584. The van der Waals surface area contributed by atoms with Crippen molar-refractivity contribution in [1.82, 2.24) is 0 Å². The second-order valence-electron chi connectivity index (χ2n) is 3.93. The van der Waals surface area contributed by atoms with E-state index in [9.17, 15) is 9.90 Å². The lowest BCUT2D eigenvalue weighted by Crippen LogP contribution is -2.43. The number of hydrogen-bond donors (Lipinski definition) is 2. The summed E-state index contributed by atoms with van der Waals surface area (Å²) in [6, 6.07) is 0. The molecule has 0 radical (unpaired) electrons. The zero-order valence-corrected chi connectivity index (χ0v) is 7.92. The maximum atomic E-state index is 11.1. The van der Waals surface area contributed by atoms with Crippen LogP contribution >= 0.6 is 0 Å². The molecule has 0 saturated carbocycles. The summed E-state index contributed by atoms with van der Waals surface area (Å²) >= 11 is 0. The number of aliphatic hydroxyl groups excluding tert-OH is 1. The van der Waals surface area contributed by atoms with Crippen LogP contribution in [0, 0.1) is 0 Å². The van der Waals surface area contributed by atoms with Crippen molar-refractivity contribution in [1.29, 1.82) is 0 Å². The molecular weight excluding hydrogens is 160 g/mol. The summed E-state index contributed by atoms with van der Waals surface area (Å²) in [6.07, 6.45) is 0. The van der Waals surface area contributed by atoms with Crippen LogP contribution in [0.5, 0.6) is 0 Å². The van der Waals surface area contributed by atoms with Crippen molar-refractivity contribution in [3.8, 4) is 0 Å². The molecule has 0 aliphatic rings. The number of hydrogen-bond acceptors (Lipinski definition) is 4. The van der Waals surface area contributed by atoms with Crippen LogP contribution in [-0.2, 0) is 9.53 Å². The van der Waals surface area contributed by atoms with Crippen LogP contribution in [0.2, 0.25) is 0 Å². The van der Waals surface area contributed by atoms with E-state index in [2.05, 4.69) is 0 Å². The molecular formula is C8H16O4. The molecule has 0 spiro atoms.